The van der Waals surface area contributed by atoms with Crippen molar-refractivity contribution in [3.63, 3.8) is 0 Å². The second-order valence-electron chi connectivity index (χ2n) is 4.88. The van der Waals surface area contributed by atoms with Gasteiger partial charge in [-0.3, -0.25) is 4.79 Å². The Labute approximate surface area is 112 Å². The van der Waals surface area contributed by atoms with Crippen LogP contribution in [0, 0.1) is 0 Å². The maximum Gasteiger partial charge on any atom is 0.261 e. The van der Waals surface area contributed by atoms with Gasteiger partial charge in [0.2, 0.25) is 0 Å². The first-order valence-corrected chi connectivity index (χ1v) is 7.59. The summed E-state index contributed by atoms with van der Waals surface area (Å²) in [5.74, 6) is -0.0334. The van der Waals surface area contributed by atoms with Crippen LogP contribution >= 0.6 is 11.3 Å². The van der Waals surface area contributed by atoms with Crippen molar-refractivity contribution >= 4 is 17.2 Å². The van der Waals surface area contributed by atoms with Gasteiger partial charge in [-0.2, -0.15) is 0 Å². The minimum absolute atomic E-state index is 0.00727. The molecule has 0 spiro atoms. The molecule has 0 aliphatic heterocycles. The molecule has 1 aromatic rings. The number of hydrogen-bond donors (Lipinski definition) is 2. The predicted molar refractivity (Wildman–Crippen MR) is 74.2 cm³/mol. The Morgan fingerprint density at radius 1 is 1.44 bits per heavy atom. The number of amides is 1. The van der Waals surface area contributed by atoms with Gasteiger partial charge in [0.1, 0.15) is 0 Å². The number of carbonyl (C=O) groups is 1. The quantitative estimate of drug-likeness (QED) is 0.824. The Kier molecular flexibility index (Phi) is 4.78. The van der Waals surface area contributed by atoms with Gasteiger partial charge in [0.15, 0.2) is 0 Å². The summed E-state index contributed by atoms with van der Waals surface area (Å²) in [6, 6.07) is 1.92. The zero-order valence-electron chi connectivity index (χ0n) is 10.9. The van der Waals surface area contributed by atoms with Gasteiger partial charge in [-0.05, 0) is 43.7 Å². The van der Waals surface area contributed by atoms with E-state index < -0.39 is 0 Å². The number of carbonyl (C=O) groups excluding carboxylic acids is 1. The van der Waals surface area contributed by atoms with Crippen LogP contribution in [0.2, 0.25) is 0 Å². The molecule has 2 N–H and O–H groups in total. The summed E-state index contributed by atoms with van der Waals surface area (Å²) in [4.78, 5) is 14.2. The van der Waals surface area contributed by atoms with E-state index in [-0.39, 0.29) is 18.6 Å². The molecule has 1 atom stereocenters. The highest BCUT2D eigenvalue weighted by atomic mass is 32.1. The van der Waals surface area contributed by atoms with Crippen LogP contribution in [0.5, 0.6) is 0 Å². The maximum absolute atomic E-state index is 12.1. The van der Waals surface area contributed by atoms with Crippen LogP contribution in [-0.2, 0) is 12.8 Å². The molecule has 0 unspecified atom stereocenters. The third-order valence-electron chi connectivity index (χ3n) is 3.52. The third kappa shape index (κ3) is 3.12. The highest BCUT2D eigenvalue weighted by Gasteiger charge is 2.18. The van der Waals surface area contributed by atoms with Gasteiger partial charge >= 0.3 is 0 Å². The van der Waals surface area contributed by atoms with Crippen LogP contribution in [-0.4, -0.2) is 23.7 Å². The summed E-state index contributed by atoms with van der Waals surface area (Å²) in [5, 5.41) is 12.0. The fourth-order valence-electron chi connectivity index (χ4n) is 2.31. The first kappa shape index (κ1) is 13.6. The Morgan fingerprint density at radius 3 is 2.94 bits per heavy atom. The molecule has 100 valence electrons. The van der Waals surface area contributed by atoms with Gasteiger partial charge in [0.25, 0.3) is 5.91 Å². The lowest BCUT2D eigenvalue weighted by molar-refractivity contribution is 0.0919. The van der Waals surface area contributed by atoms with Gasteiger partial charge in [-0.25, -0.2) is 0 Å². The average molecular weight is 267 g/mol. The van der Waals surface area contributed by atoms with Gasteiger partial charge in [0.05, 0.1) is 17.5 Å². The van der Waals surface area contributed by atoms with Crippen LogP contribution in [0.25, 0.3) is 0 Å². The molecular formula is C14H21NO2S. The molecule has 0 radical (unpaired) electrons. The van der Waals surface area contributed by atoms with Crippen LogP contribution in [0.4, 0.5) is 0 Å². The lowest BCUT2D eigenvalue weighted by atomic mass is 10.1. The lowest BCUT2D eigenvalue weighted by Gasteiger charge is -2.12. The molecule has 1 heterocycles. The second-order valence-corrected chi connectivity index (χ2v) is 6.02. The number of nitrogens with one attached hydrogen (secondary N) is 1. The number of aryl methyl sites for hydroxylation is 2. The fourth-order valence-corrected chi connectivity index (χ4v) is 3.47. The van der Waals surface area contributed by atoms with E-state index in [4.69, 9.17) is 5.11 Å². The van der Waals surface area contributed by atoms with Gasteiger partial charge in [0, 0.05) is 4.88 Å². The predicted octanol–water partition coefficient (Wildman–Crippen LogP) is 2.52. The van der Waals surface area contributed by atoms with Crippen molar-refractivity contribution in [3.05, 3.63) is 21.4 Å². The van der Waals surface area contributed by atoms with E-state index in [1.165, 1.54) is 29.7 Å². The molecule has 2 rings (SSSR count). The Bertz CT molecular complexity index is 386. The summed E-state index contributed by atoms with van der Waals surface area (Å²) in [6.45, 7) is 1.97. The summed E-state index contributed by atoms with van der Waals surface area (Å²) >= 11 is 1.63. The third-order valence-corrected chi connectivity index (χ3v) is 4.75. The van der Waals surface area contributed by atoms with Crippen LogP contribution in [0.1, 0.15) is 52.7 Å². The van der Waals surface area contributed by atoms with E-state index in [2.05, 4.69) is 5.32 Å². The summed E-state index contributed by atoms with van der Waals surface area (Å²) in [5.41, 5.74) is 1.36. The molecule has 4 heteroatoms. The number of aliphatic hydroxyl groups excluding tert-OH is 1. The average Bonchev–Trinajstić information content (AvgIpc) is 2.67. The number of rotatable bonds is 4. The monoisotopic (exact) mass is 267 g/mol. The zero-order chi connectivity index (χ0) is 13.0. The van der Waals surface area contributed by atoms with Crippen molar-refractivity contribution in [2.45, 2.75) is 51.5 Å². The summed E-state index contributed by atoms with van der Waals surface area (Å²) < 4.78 is 0. The van der Waals surface area contributed by atoms with Crippen LogP contribution in [0.3, 0.4) is 0 Å². The molecule has 0 saturated carbocycles. The Hall–Kier alpha value is -0.870. The fraction of sp³-hybridized carbons (Fsp3) is 0.643. The molecule has 0 fully saturated rings. The standard InChI is InChI=1S/C14H21NO2S/c1-2-11(9-16)15-14(17)13-8-10-6-4-3-5-7-12(10)18-13/h8,11,16H,2-7,9H2,1H3,(H,15,17)/t11-/m1/s1. The molecule has 1 aromatic heterocycles. The highest BCUT2D eigenvalue weighted by Crippen LogP contribution is 2.28. The smallest absolute Gasteiger partial charge is 0.261 e. The first-order chi connectivity index (χ1) is 8.74. The maximum atomic E-state index is 12.1. The summed E-state index contributed by atoms with van der Waals surface area (Å²) in [6.07, 6.45) is 6.75. The topological polar surface area (TPSA) is 49.3 Å². The van der Waals surface area contributed by atoms with E-state index >= 15 is 0 Å². The van der Waals surface area contributed by atoms with Gasteiger partial charge < -0.3 is 10.4 Å². The number of aliphatic hydroxyl groups is 1. The number of fused-ring (bicyclic) bond motifs is 1. The molecule has 18 heavy (non-hydrogen) atoms. The van der Waals surface area contributed by atoms with E-state index in [1.54, 1.807) is 11.3 Å². The van der Waals surface area contributed by atoms with Gasteiger partial charge in [-0.1, -0.05) is 13.3 Å². The van der Waals surface area contributed by atoms with E-state index in [1.807, 2.05) is 13.0 Å². The van der Waals surface area contributed by atoms with E-state index in [0.29, 0.717) is 0 Å². The van der Waals surface area contributed by atoms with Gasteiger partial charge in [-0.15, -0.1) is 11.3 Å². The molecule has 1 amide bonds. The van der Waals surface area contributed by atoms with E-state index in [9.17, 15) is 4.79 Å². The van der Waals surface area contributed by atoms with Crippen molar-refractivity contribution in [3.8, 4) is 0 Å². The number of hydrogen-bond acceptors (Lipinski definition) is 3. The molecule has 0 aromatic carbocycles. The zero-order valence-corrected chi connectivity index (χ0v) is 11.7. The molecule has 3 nitrogen and oxygen atoms in total. The highest BCUT2D eigenvalue weighted by molar-refractivity contribution is 7.14. The van der Waals surface area contributed by atoms with Crippen molar-refractivity contribution in [2.24, 2.45) is 0 Å². The van der Waals surface area contributed by atoms with Crippen molar-refractivity contribution in [2.75, 3.05) is 6.61 Å². The molecule has 0 bridgehead atoms. The first-order valence-electron chi connectivity index (χ1n) is 6.78. The Balaban J connectivity index is 2.07. The van der Waals surface area contributed by atoms with Crippen LogP contribution < -0.4 is 5.32 Å². The number of thiophene rings is 1. The SMILES string of the molecule is CC[C@H](CO)NC(=O)c1cc2c(s1)CCCCC2. The van der Waals surface area contributed by atoms with Crippen molar-refractivity contribution in [1.82, 2.24) is 5.32 Å². The second kappa shape index (κ2) is 6.34. The largest absolute Gasteiger partial charge is 0.394 e. The molecule has 0 saturated heterocycles. The molecular weight excluding hydrogens is 246 g/mol. The minimum atomic E-state index is -0.126. The van der Waals surface area contributed by atoms with Crippen molar-refractivity contribution in [1.29, 1.82) is 0 Å². The molecule has 1 aliphatic rings. The van der Waals surface area contributed by atoms with E-state index in [0.717, 1.165) is 24.1 Å². The summed E-state index contributed by atoms with van der Waals surface area (Å²) in [7, 11) is 0. The van der Waals surface area contributed by atoms with Crippen LogP contribution in [0.15, 0.2) is 6.07 Å². The molecule has 1 aliphatic carbocycles. The Morgan fingerprint density at radius 2 is 2.22 bits per heavy atom. The lowest BCUT2D eigenvalue weighted by Crippen LogP contribution is -2.36. The van der Waals surface area contributed by atoms with Crippen molar-refractivity contribution < 1.29 is 9.90 Å². The normalized spacial score (nSPS) is 16.8. The minimum Gasteiger partial charge on any atom is -0.394 e.